The van der Waals surface area contributed by atoms with E-state index in [4.69, 9.17) is 9.47 Å². The van der Waals surface area contributed by atoms with Crippen LogP contribution < -0.4 is 4.74 Å². The molecule has 0 bridgehead atoms. The molecule has 0 atom stereocenters. The fraction of sp³-hybridized carbons (Fsp3) is 0.167. The zero-order valence-electron chi connectivity index (χ0n) is 9.04. The van der Waals surface area contributed by atoms with Gasteiger partial charge in [0, 0.05) is 17.9 Å². The van der Waals surface area contributed by atoms with Crippen LogP contribution in [-0.4, -0.2) is 19.0 Å². The van der Waals surface area contributed by atoms with Gasteiger partial charge < -0.3 is 14.6 Å². The van der Waals surface area contributed by atoms with E-state index in [9.17, 15) is 9.50 Å². The van der Waals surface area contributed by atoms with Crippen molar-refractivity contribution in [2.75, 3.05) is 13.9 Å². The minimum atomic E-state index is -0.798. The molecular formula is C12H10BrFO3. The van der Waals surface area contributed by atoms with E-state index >= 15 is 0 Å². The molecular weight excluding hydrogens is 291 g/mol. The fourth-order valence-electron chi connectivity index (χ4n) is 1.57. The van der Waals surface area contributed by atoms with Gasteiger partial charge in [-0.2, -0.15) is 4.39 Å². The first-order chi connectivity index (χ1) is 8.16. The Hall–Kier alpha value is -1.33. The largest absolute Gasteiger partial charge is 0.504 e. The van der Waals surface area contributed by atoms with Crippen molar-refractivity contribution < 1.29 is 19.0 Å². The molecule has 0 saturated heterocycles. The molecule has 0 saturated carbocycles. The van der Waals surface area contributed by atoms with Crippen molar-refractivity contribution >= 4 is 26.7 Å². The van der Waals surface area contributed by atoms with Crippen molar-refractivity contribution in [3.05, 3.63) is 34.6 Å². The highest BCUT2D eigenvalue weighted by Crippen LogP contribution is 2.41. The molecule has 0 fully saturated rings. The molecule has 1 N–H and O–H groups in total. The van der Waals surface area contributed by atoms with Gasteiger partial charge in [-0.25, -0.2) is 0 Å². The number of hydrogen-bond donors (Lipinski definition) is 1. The first-order valence-electron chi connectivity index (χ1n) is 4.87. The van der Waals surface area contributed by atoms with E-state index in [-0.39, 0.29) is 12.5 Å². The summed E-state index contributed by atoms with van der Waals surface area (Å²) in [5, 5.41) is 10.9. The molecule has 0 amide bonds. The third-order valence-electron chi connectivity index (χ3n) is 2.35. The standard InChI is InChI=1S/C12H10BrFO3/c1-16-6-17-12-9(13)7-4-2-3-5-8(7)11(15)10(12)14/h2-5,15H,6H2,1H3. The summed E-state index contributed by atoms with van der Waals surface area (Å²) in [6, 6.07) is 6.92. The summed E-state index contributed by atoms with van der Waals surface area (Å²) in [6.07, 6.45) is 0. The quantitative estimate of drug-likeness (QED) is 0.883. The number of halogens is 2. The third-order valence-corrected chi connectivity index (χ3v) is 3.13. The van der Waals surface area contributed by atoms with Gasteiger partial charge in [0.15, 0.2) is 18.3 Å². The minimum Gasteiger partial charge on any atom is -0.504 e. The number of rotatable bonds is 3. The van der Waals surface area contributed by atoms with E-state index in [2.05, 4.69) is 15.9 Å². The lowest BCUT2D eigenvalue weighted by molar-refractivity contribution is 0.0475. The summed E-state index contributed by atoms with van der Waals surface area (Å²) in [7, 11) is 1.44. The number of benzene rings is 2. The van der Waals surface area contributed by atoms with Crippen molar-refractivity contribution in [3.8, 4) is 11.5 Å². The number of aromatic hydroxyl groups is 1. The second kappa shape index (κ2) is 4.89. The SMILES string of the molecule is COCOc1c(F)c(O)c2ccccc2c1Br. The molecule has 0 spiro atoms. The van der Waals surface area contributed by atoms with Crippen LogP contribution in [0, 0.1) is 5.82 Å². The molecule has 0 radical (unpaired) electrons. The highest BCUT2D eigenvalue weighted by atomic mass is 79.9. The van der Waals surface area contributed by atoms with Crippen LogP contribution in [0.25, 0.3) is 10.8 Å². The fourth-order valence-corrected chi connectivity index (χ4v) is 2.20. The highest BCUT2D eigenvalue weighted by Gasteiger charge is 2.18. The van der Waals surface area contributed by atoms with E-state index < -0.39 is 11.6 Å². The molecule has 17 heavy (non-hydrogen) atoms. The first-order valence-corrected chi connectivity index (χ1v) is 5.66. The Balaban J connectivity index is 2.68. The predicted molar refractivity (Wildman–Crippen MR) is 65.8 cm³/mol. The average Bonchev–Trinajstić information content (AvgIpc) is 2.36. The molecule has 0 aliphatic heterocycles. The van der Waals surface area contributed by atoms with Crippen LogP contribution in [0.1, 0.15) is 0 Å². The van der Waals surface area contributed by atoms with Crippen molar-refractivity contribution in [2.45, 2.75) is 0 Å². The Morgan fingerprint density at radius 3 is 2.59 bits per heavy atom. The number of ether oxygens (including phenoxy) is 2. The molecule has 2 aromatic carbocycles. The molecule has 0 unspecified atom stereocenters. The Kier molecular flexibility index (Phi) is 3.49. The molecule has 2 rings (SSSR count). The minimum absolute atomic E-state index is 0.0527. The predicted octanol–water partition coefficient (Wildman–Crippen LogP) is 3.43. The maximum atomic E-state index is 13.9. The zero-order chi connectivity index (χ0) is 12.4. The van der Waals surface area contributed by atoms with E-state index in [1.807, 2.05) is 0 Å². The number of fused-ring (bicyclic) bond motifs is 1. The molecule has 2 aromatic rings. The van der Waals surface area contributed by atoms with Gasteiger partial charge in [0.25, 0.3) is 0 Å². The second-order valence-corrected chi connectivity index (χ2v) is 4.20. The van der Waals surface area contributed by atoms with Gasteiger partial charge in [-0.1, -0.05) is 24.3 Å². The summed E-state index contributed by atoms with van der Waals surface area (Å²) in [5.74, 6) is -1.27. The number of methoxy groups -OCH3 is 1. The molecule has 0 aliphatic carbocycles. The number of phenols is 1. The van der Waals surface area contributed by atoms with Crippen LogP contribution in [-0.2, 0) is 4.74 Å². The zero-order valence-corrected chi connectivity index (χ0v) is 10.6. The van der Waals surface area contributed by atoms with Gasteiger partial charge >= 0.3 is 0 Å². The van der Waals surface area contributed by atoms with Gasteiger partial charge in [-0.05, 0) is 15.9 Å². The van der Waals surface area contributed by atoms with E-state index in [0.717, 1.165) is 0 Å². The summed E-state index contributed by atoms with van der Waals surface area (Å²) in [5.41, 5.74) is 0. The van der Waals surface area contributed by atoms with Gasteiger partial charge in [-0.3, -0.25) is 0 Å². The maximum Gasteiger partial charge on any atom is 0.208 e. The summed E-state index contributed by atoms with van der Waals surface area (Å²) in [6.45, 7) is -0.0900. The van der Waals surface area contributed by atoms with Gasteiger partial charge in [0.1, 0.15) is 0 Å². The van der Waals surface area contributed by atoms with Crippen LogP contribution in [0.2, 0.25) is 0 Å². The van der Waals surface area contributed by atoms with Crippen LogP contribution in [0.5, 0.6) is 11.5 Å². The molecule has 0 heterocycles. The Bertz CT molecular complexity index is 557. The lowest BCUT2D eigenvalue weighted by Gasteiger charge is -2.12. The first kappa shape index (κ1) is 12.1. The maximum absolute atomic E-state index is 13.9. The monoisotopic (exact) mass is 300 g/mol. The second-order valence-electron chi connectivity index (χ2n) is 3.40. The Labute approximate surface area is 106 Å². The van der Waals surface area contributed by atoms with Gasteiger partial charge in [-0.15, -0.1) is 0 Å². The number of hydrogen-bond acceptors (Lipinski definition) is 3. The Morgan fingerprint density at radius 1 is 1.29 bits per heavy atom. The topological polar surface area (TPSA) is 38.7 Å². The van der Waals surface area contributed by atoms with Gasteiger partial charge in [0.2, 0.25) is 5.82 Å². The van der Waals surface area contributed by atoms with Crippen molar-refractivity contribution in [1.29, 1.82) is 0 Å². The van der Waals surface area contributed by atoms with Crippen molar-refractivity contribution in [3.63, 3.8) is 0 Å². The lowest BCUT2D eigenvalue weighted by atomic mass is 10.1. The molecule has 0 aromatic heterocycles. The smallest absolute Gasteiger partial charge is 0.208 e. The van der Waals surface area contributed by atoms with Crippen molar-refractivity contribution in [1.82, 2.24) is 0 Å². The molecule has 90 valence electrons. The van der Waals surface area contributed by atoms with E-state index in [1.54, 1.807) is 24.3 Å². The van der Waals surface area contributed by atoms with Crippen LogP contribution in [0.4, 0.5) is 4.39 Å². The third kappa shape index (κ3) is 2.08. The normalized spacial score (nSPS) is 10.8. The van der Waals surface area contributed by atoms with Gasteiger partial charge in [0.05, 0.1) is 4.47 Å². The van der Waals surface area contributed by atoms with Crippen LogP contribution >= 0.6 is 15.9 Å². The average molecular weight is 301 g/mol. The summed E-state index contributed by atoms with van der Waals surface area (Å²) < 4.78 is 24.1. The van der Waals surface area contributed by atoms with Crippen LogP contribution in [0.15, 0.2) is 28.7 Å². The highest BCUT2D eigenvalue weighted by molar-refractivity contribution is 9.10. The molecule has 5 heteroatoms. The van der Waals surface area contributed by atoms with Crippen molar-refractivity contribution in [2.24, 2.45) is 0 Å². The lowest BCUT2D eigenvalue weighted by Crippen LogP contribution is -2.02. The number of phenolic OH excluding ortho intramolecular Hbond substituents is 1. The molecule has 0 aliphatic rings. The van der Waals surface area contributed by atoms with Crippen LogP contribution in [0.3, 0.4) is 0 Å². The summed E-state index contributed by atoms with van der Waals surface area (Å²) >= 11 is 3.27. The Morgan fingerprint density at radius 2 is 1.94 bits per heavy atom. The molecule has 3 nitrogen and oxygen atoms in total. The van der Waals surface area contributed by atoms with E-state index in [0.29, 0.717) is 15.2 Å². The van der Waals surface area contributed by atoms with E-state index in [1.165, 1.54) is 7.11 Å². The summed E-state index contributed by atoms with van der Waals surface area (Å²) in [4.78, 5) is 0.